The molecule has 1 aliphatic rings. The number of non-ortho nitro benzene ring substituents is 1. The molecule has 1 fully saturated rings. The standard InChI is InChI=1S/C13H18N2O2/c1-10-7-11(9-12(8-10)15(16)17)13-5-3-2-4-6-14-13/h7-9,13-14H,2-6H2,1H3. The van der Waals surface area contributed by atoms with E-state index in [1.807, 2.05) is 6.92 Å². The van der Waals surface area contributed by atoms with Crippen LogP contribution in [0.5, 0.6) is 0 Å². The zero-order valence-electron chi connectivity index (χ0n) is 10.1. The summed E-state index contributed by atoms with van der Waals surface area (Å²) >= 11 is 0. The van der Waals surface area contributed by atoms with Gasteiger partial charge in [0.2, 0.25) is 0 Å². The number of hydrogen-bond donors (Lipinski definition) is 1. The molecule has 0 aliphatic carbocycles. The van der Waals surface area contributed by atoms with Gasteiger partial charge in [-0.05, 0) is 37.4 Å². The fourth-order valence-corrected chi connectivity index (χ4v) is 2.41. The Hall–Kier alpha value is -1.42. The van der Waals surface area contributed by atoms with Gasteiger partial charge in [0.1, 0.15) is 0 Å². The van der Waals surface area contributed by atoms with Gasteiger partial charge in [0, 0.05) is 18.2 Å². The highest BCUT2D eigenvalue weighted by Gasteiger charge is 2.17. The zero-order valence-corrected chi connectivity index (χ0v) is 10.1. The normalized spacial score (nSPS) is 20.9. The molecule has 1 aromatic rings. The number of hydrogen-bond acceptors (Lipinski definition) is 3. The highest BCUT2D eigenvalue weighted by molar-refractivity contribution is 5.40. The summed E-state index contributed by atoms with van der Waals surface area (Å²) in [6, 6.07) is 5.66. The number of nitrogens with zero attached hydrogens (tertiary/aromatic N) is 1. The van der Waals surface area contributed by atoms with E-state index in [9.17, 15) is 10.1 Å². The van der Waals surface area contributed by atoms with Crippen LogP contribution in [0.25, 0.3) is 0 Å². The number of nitro groups is 1. The fraction of sp³-hybridized carbons (Fsp3) is 0.538. The van der Waals surface area contributed by atoms with Crippen molar-refractivity contribution in [3.63, 3.8) is 0 Å². The van der Waals surface area contributed by atoms with E-state index in [1.54, 1.807) is 12.1 Å². The van der Waals surface area contributed by atoms with Crippen molar-refractivity contribution in [1.82, 2.24) is 5.32 Å². The molecule has 4 heteroatoms. The van der Waals surface area contributed by atoms with Crippen LogP contribution in [0.4, 0.5) is 5.69 Å². The van der Waals surface area contributed by atoms with Crippen molar-refractivity contribution in [2.24, 2.45) is 0 Å². The smallest absolute Gasteiger partial charge is 0.270 e. The molecule has 1 N–H and O–H groups in total. The van der Waals surface area contributed by atoms with Crippen LogP contribution in [0.1, 0.15) is 42.9 Å². The average molecular weight is 234 g/mol. The Morgan fingerprint density at radius 2 is 2.12 bits per heavy atom. The van der Waals surface area contributed by atoms with Gasteiger partial charge in [-0.15, -0.1) is 0 Å². The molecule has 0 radical (unpaired) electrons. The molecule has 4 nitrogen and oxygen atoms in total. The molecule has 92 valence electrons. The lowest BCUT2D eigenvalue weighted by molar-refractivity contribution is -0.385. The molecule has 0 spiro atoms. The third kappa shape index (κ3) is 3.03. The average Bonchev–Trinajstić information content (AvgIpc) is 2.56. The van der Waals surface area contributed by atoms with Gasteiger partial charge in [-0.3, -0.25) is 10.1 Å². The fourth-order valence-electron chi connectivity index (χ4n) is 2.41. The number of aryl methyl sites for hydroxylation is 1. The van der Waals surface area contributed by atoms with Gasteiger partial charge in [0.15, 0.2) is 0 Å². The van der Waals surface area contributed by atoms with Crippen molar-refractivity contribution >= 4 is 5.69 Å². The summed E-state index contributed by atoms with van der Waals surface area (Å²) in [4.78, 5) is 10.5. The highest BCUT2D eigenvalue weighted by Crippen LogP contribution is 2.26. The first kappa shape index (κ1) is 12.0. The lowest BCUT2D eigenvalue weighted by atomic mass is 9.99. The first-order valence-corrected chi connectivity index (χ1v) is 6.16. The van der Waals surface area contributed by atoms with E-state index in [0.29, 0.717) is 0 Å². The SMILES string of the molecule is Cc1cc(C2CCCCCN2)cc([N+](=O)[O-])c1. The van der Waals surface area contributed by atoms with Gasteiger partial charge in [0.25, 0.3) is 5.69 Å². The van der Waals surface area contributed by atoms with Crippen LogP contribution >= 0.6 is 0 Å². The monoisotopic (exact) mass is 234 g/mol. The number of benzene rings is 1. The number of nitro benzene ring substituents is 1. The molecular formula is C13H18N2O2. The van der Waals surface area contributed by atoms with Crippen molar-refractivity contribution in [3.05, 3.63) is 39.4 Å². The second kappa shape index (κ2) is 5.27. The summed E-state index contributed by atoms with van der Waals surface area (Å²) in [5, 5.41) is 14.3. The summed E-state index contributed by atoms with van der Waals surface area (Å²) in [6.07, 6.45) is 4.71. The number of nitrogens with one attached hydrogen (secondary N) is 1. The molecule has 0 bridgehead atoms. The minimum absolute atomic E-state index is 0.200. The second-order valence-corrected chi connectivity index (χ2v) is 4.72. The van der Waals surface area contributed by atoms with E-state index < -0.39 is 0 Å². The van der Waals surface area contributed by atoms with Gasteiger partial charge >= 0.3 is 0 Å². The highest BCUT2D eigenvalue weighted by atomic mass is 16.6. The maximum Gasteiger partial charge on any atom is 0.270 e. The van der Waals surface area contributed by atoms with Gasteiger partial charge in [-0.2, -0.15) is 0 Å². The molecule has 1 heterocycles. The molecule has 0 aromatic heterocycles. The van der Waals surface area contributed by atoms with E-state index >= 15 is 0 Å². The van der Waals surface area contributed by atoms with Crippen LogP contribution in [0, 0.1) is 17.0 Å². The summed E-state index contributed by atoms with van der Waals surface area (Å²) < 4.78 is 0. The van der Waals surface area contributed by atoms with Crippen molar-refractivity contribution in [2.75, 3.05) is 6.54 Å². The van der Waals surface area contributed by atoms with Gasteiger partial charge < -0.3 is 5.32 Å². The van der Waals surface area contributed by atoms with Crippen molar-refractivity contribution in [3.8, 4) is 0 Å². The Morgan fingerprint density at radius 3 is 2.88 bits per heavy atom. The summed E-state index contributed by atoms with van der Waals surface area (Å²) in [6.45, 7) is 2.92. The summed E-state index contributed by atoms with van der Waals surface area (Å²) in [5.41, 5.74) is 2.21. The Kier molecular flexibility index (Phi) is 3.74. The minimum Gasteiger partial charge on any atom is -0.310 e. The van der Waals surface area contributed by atoms with E-state index in [4.69, 9.17) is 0 Å². The lowest BCUT2D eigenvalue weighted by Crippen LogP contribution is -2.20. The third-order valence-corrected chi connectivity index (χ3v) is 3.26. The molecule has 1 unspecified atom stereocenters. The summed E-state index contributed by atoms with van der Waals surface area (Å²) in [5.74, 6) is 0. The maximum absolute atomic E-state index is 10.8. The lowest BCUT2D eigenvalue weighted by Gasteiger charge is -2.16. The van der Waals surface area contributed by atoms with Crippen LogP contribution in [0.2, 0.25) is 0 Å². The molecule has 0 saturated carbocycles. The van der Waals surface area contributed by atoms with Gasteiger partial charge in [-0.1, -0.05) is 18.9 Å². The zero-order chi connectivity index (χ0) is 12.3. The van der Waals surface area contributed by atoms with E-state index in [-0.39, 0.29) is 16.7 Å². The van der Waals surface area contributed by atoms with Crippen molar-refractivity contribution < 1.29 is 4.92 Å². The summed E-state index contributed by atoms with van der Waals surface area (Å²) in [7, 11) is 0. The van der Waals surface area contributed by atoms with Crippen molar-refractivity contribution in [1.29, 1.82) is 0 Å². The van der Waals surface area contributed by atoms with E-state index in [0.717, 1.165) is 24.1 Å². The Labute approximate surface area is 101 Å². The van der Waals surface area contributed by atoms with Crippen LogP contribution in [0.3, 0.4) is 0 Å². The minimum atomic E-state index is -0.312. The molecule has 1 atom stereocenters. The quantitative estimate of drug-likeness (QED) is 0.632. The molecular weight excluding hydrogens is 216 g/mol. The molecule has 2 rings (SSSR count). The van der Waals surface area contributed by atoms with Crippen LogP contribution in [0.15, 0.2) is 18.2 Å². The van der Waals surface area contributed by atoms with Crippen molar-refractivity contribution in [2.45, 2.75) is 38.6 Å². The molecule has 1 aromatic carbocycles. The topological polar surface area (TPSA) is 55.2 Å². The Morgan fingerprint density at radius 1 is 1.29 bits per heavy atom. The first-order valence-electron chi connectivity index (χ1n) is 6.16. The second-order valence-electron chi connectivity index (χ2n) is 4.72. The van der Waals surface area contributed by atoms with Crippen LogP contribution < -0.4 is 5.32 Å². The Bertz CT molecular complexity index is 410. The first-order chi connectivity index (χ1) is 8.16. The van der Waals surface area contributed by atoms with E-state index in [1.165, 1.54) is 19.3 Å². The molecule has 1 aliphatic heterocycles. The van der Waals surface area contributed by atoms with Crippen LogP contribution in [-0.2, 0) is 0 Å². The van der Waals surface area contributed by atoms with Gasteiger partial charge in [0.05, 0.1) is 4.92 Å². The number of rotatable bonds is 2. The maximum atomic E-state index is 10.8. The molecule has 1 saturated heterocycles. The van der Waals surface area contributed by atoms with E-state index in [2.05, 4.69) is 11.4 Å². The third-order valence-electron chi connectivity index (χ3n) is 3.26. The molecule has 0 amide bonds. The predicted molar refractivity (Wildman–Crippen MR) is 67.0 cm³/mol. The molecule has 17 heavy (non-hydrogen) atoms. The Balaban J connectivity index is 2.27. The largest absolute Gasteiger partial charge is 0.310 e. The predicted octanol–water partition coefficient (Wildman–Crippen LogP) is 3.11. The van der Waals surface area contributed by atoms with Crippen LogP contribution in [-0.4, -0.2) is 11.5 Å². The van der Waals surface area contributed by atoms with Gasteiger partial charge in [-0.25, -0.2) is 0 Å².